The molecule has 0 saturated carbocycles. The third-order valence-corrected chi connectivity index (χ3v) is 4.05. The average Bonchev–Trinajstić information content (AvgIpc) is 2.53. The largest absolute Gasteiger partial charge is 0.380 e. The van der Waals surface area contributed by atoms with E-state index >= 15 is 0 Å². The molecule has 0 atom stereocenters. The maximum absolute atomic E-state index is 8.87. The number of fused-ring (bicyclic) bond motifs is 1. The Balaban J connectivity index is 1.78. The summed E-state index contributed by atoms with van der Waals surface area (Å²) in [7, 11) is 0. The summed E-state index contributed by atoms with van der Waals surface area (Å²) in [5.41, 5.74) is 2.87. The molecule has 1 N–H and O–H groups in total. The summed E-state index contributed by atoms with van der Waals surface area (Å²) in [6.07, 6.45) is 0. The quantitative estimate of drug-likeness (QED) is 0.723. The van der Waals surface area contributed by atoms with Crippen molar-refractivity contribution in [2.24, 2.45) is 0 Å². The summed E-state index contributed by atoms with van der Waals surface area (Å²) >= 11 is 3.49. The molecule has 0 aliphatic rings. The zero-order chi connectivity index (χ0) is 14.7. The molecule has 0 radical (unpaired) electrons. The molecule has 0 amide bonds. The van der Waals surface area contributed by atoms with Gasteiger partial charge in [-0.2, -0.15) is 5.26 Å². The van der Waals surface area contributed by atoms with Crippen LogP contribution in [0.2, 0.25) is 0 Å². The second kappa shape index (κ2) is 5.99. The molecule has 0 spiro atoms. The number of nitrogens with zero attached hydrogens (tertiary/aromatic N) is 1. The Labute approximate surface area is 132 Å². The van der Waals surface area contributed by atoms with E-state index in [0.29, 0.717) is 5.56 Å². The maximum atomic E-state index is 8.87. The van der Waals surface area contributed by atoms with Gasteiger partial charge in [-0.1, -0.05) is 36.4 Å². The van der Waals surface area contributed by atoms with E-state index in [0.717, 1.165) is 16.7 Å². The van der Waals surface area contributed by atoms with Gasteiger partial charge in [-0.05, 0) is 56.5 Å². The monoisotopic (exact) mass is 336 g/mol. The molecule has 0 bridgehead atoms. The number of nitriles is 1. The van der Waals surface area contributed by atoms with Crippen molar-refractivity contribution in [1.82, 2.24) is 0 Å². The number of anilines is 1. The molecule has 0 saturated heterocycles. The van der Waals surface area contributed by atoms with Crippen molar-refractivity contribution in [3.63, 3.8) is 0 Å². The van der Waals surface area contributed by atoms with E-state index in [9.17, 15) is 0 Å². The molecule has 0 fully saturated rings. The highest BCUT2D eigenvalue weighted by molar-refractivity contribution is 9.10. The Kier molecular flexibility index (Phi) is 3.89. The minimum absolute atomic E-state index is 0.651. The predicted octanol–water partition coefficient (Wildman–Crippen LogP) is 5.09. The number of hydrogen-bond donors (Lipinski definition) is 1. The van der Waals surface area contributed by atoms with Crippen LogP contribution in [0.4, 0.5) is 5.69 Å². The molecule has 0 heterocycles. The Morgan fingerprint density at radius 3 is 2.52 bits per heavy atom. The molecule has 102 valence electrons. The fraction of sp³-hybridized carbons (Fsp3) is 0.0556. The van der Waals surface area contributed by atoms with Gasteiger partial charge in [-0.3, -0.25) is 0 Å². The van der Waals surface area contributed by atoms with E-state index in [1.54, 1.807) is 0 Å². The molecule has 3 rings (SSSR count). The van der Waals surface area contributed by atoms with Gasteiger partial charge in [0.05, 0.1) is 11.6 Å². The molecule has 2 nitrogen and oxygen atoms in total. The average molecular weight is 337 g/mol. The van der Waals surface area contributed by atoms with Crippen LogP contribution in [0, 0.1) is 11.3 Å². The van der Waals surface area contributed by atoms with Crippen LogP contribution in [0.25, 0.3) is 10.8 Å². The van der Waals surface area contributed by atoms with Crippen molar-refractivity contribution < 1.29 is 0 Å². The van der Waals surface area contributed by atoms with Crippen LogP contribution in [0.1, 0.15) is 11.1 Å². The number of hydrogen-bond acceptors (Lipinski definition) is 2. The lowest BCUT2D eigenvalue weighted by molar-refractivity contribution is 1.15. The van der Waals surface area contributed by atoms with Crippen molar-refractivity contribution in [2.45, 2.75) is 6.54 Å². The van der Waals surface area contributed by atoms with E-state index in [4.69, 9.17) is 5.26 Å². The van der Waals surface area contributed by atoms with Crippen LogP contribution in [0.5, 0.6) is 0 Å². The van der Waals surface area contributed by atoms with Crippen LogP contribution < -0.4 is 5.32 Å². The Morgan fingerprint density at radius 1 is 0.952 bits per heavy atom. The van der Waals surface area contributed by atoms with Gasteiger partial charge in [0.15, 0.2) is 0 Å². The van der Waals surface area contributed by atoms with Gasteiger partial charge < -0.3 is 5.32 Å². The zero-order valence-electron chi connectivity index (χ0n) is 11.3. The van der Waals surface area contributed by atoms with Gasteiger partial charge >= 0.3 is 0 Å². The first-order chi connectivity index (χ1) is 10.3. The minimum Gasteiger partial charge on any atom is -0.380 e. The lowest BCUT2D eigenvalue weighted by Crippen LogP contribution is -2.00. The van der Waals surface area contributed by atoms with E-state index in [2.05, 4.69) is 63.7 Å². The maximum Gasteiger partial charge on any atom is 0.0992 e. The molecule has 3 heteroatoms. The van der Waals surface area contributed by atoms with Gasteiger partial charge in [0.25, 0.3) is 0 Å². The lowest BCUT2D eigenvalue weighted by atomic mass is 10.1. The lowest BCUT2D eigenvalue weighted by Gasteiger charge is -2.09. The van der Waals surface area contributed by atoms with Crippen LogP contribution in [0.3, 0.4) is 0 Å². The number of rotatable bonds is 3. The van der Waals surface area contributed by atoms with Crippen LogP contribution >= 0.6 is 15.9 Å². The Hall–Kier alpha value is -2.31. The van der Waals surface area contributed by atoms with Gasteiger partial charge in [0.1, 0.15) is 0 Å². The van der Waals surface area contributed by atoms with Gasteiger partial charge in [0, 0.05) is 16.7 Å². The summed E-state index contributed by atoms with van der Waals surface area (Å²) in [6, 6.07) is 22.5. The fourth-order valence-corrected chi connectivity index (χ4v) is 2.79. The second-order valence-electron chi connectivity index (χ2n) is 4.84. The van der Waals surface area contributed by atoms with Crippen molar-refractivity contribution in [3.05, 3.63) is 76.3 Å². The van der Waals surface area contributed by atoms with Crippen LogP contribution in [-0.4, -0.2) is 0 Å². The molecule has 0 aliphatic carbocycles. The summed E-state index contributed by atoms with van der Waals surface area (Å²) in [5, 5.41) is 14.8. The summed E-state index contributed by atoms with van der Waals surface area (Å²) in [4.78, 5) is 0. The first-order valence-corrected chi connectivity index (χ1v) is 7.47. The van der Waals surface area contributed by atoms with Crippen LogP contribution in [-0.2, 0) is 6.54 Å². The topological polar surface area (TPSA) is 35.8 Å². The third-order valence-electron chi connectivity index (χ3n) is 3.40. The van der Waals surface area contributed by atoms with E-state index < -0.39 is 0 Å². The standard InChI is InChI=1S/C18H13BrN2/c19-17-10-13(11-20)6-8-18(17)21-12-14-5-7-15-3-1-2-4-16(15)9-14/h1-10,21H,12H2. The minimum atomic E-state index is 0.651. The zero-order valence-corrected chi connectivity index (χ0v) is 12.9. The predicted molar refractivity (Wildman–Crippen MR) is 90.1 cm³/mol. The molecule has 0 aliphatic heterocycles. The van der Waals surface area contributed by atoms with E-state index in [1.165, 1.54) is 16.3 Å². The highest BCUT2D eigenvalue weighted by Gasteiger charge is 2.02. The highest BCUT2D eigenvalue weighted by Crippen LogP contribution is 2.24. The van der Waals surface area contributed by atoms with Gasteiger partial charge in [-0.25, -0.2) is 0 Å². The number of nitrogens with one attached hydrogen (secondary N) is 1. The SMILES string of the molecule is N#Cc1ccc(NCc2ccc3ccccc3c2)c(Br)c1. The first-order valence-electron chi connectivity index (χ1n) is 6.67. The first kappa shape index (κ1) is 13.7. The summed E-state index contributed by atoms with van der Waals surface area (Å²) < 4.78 is 0.905. The smallest absolute Gasteiger partial charge is 0.0992 e. The molecular formula is C18H13BrN2. The molecule has 21 heavy (non-hydrogen) atoms. The Bertz CT molecular complexity index is 834. The Morgan fingerprint density at radius 2 is 1.76 bits per heavy atom. The summed E-state index contributed by atoms with van der Waals surface area (Å²) in [5.74, 6) is 0. The molecular weight excluding hydrogens is 324 g/mol. The van der Waals surface area contributed by atoms with Crippen molar-refractivity contribution in [2.75, 3.05) is 5.32 Å². The molecule has 3 aromatic rings. The second-order valence-corrected chi connectivity index (χ2v) is 5.70. The van der Waals surface area contributed by atoms with Crippen LogP contribution in [0.15, 0.2) is 65.1 Å². The van der Waals surface area contributed by atoms with E-state index in [-0.39, 0.29) is 0 Å². The number of halogens is 1. The normalized spacial score (nSPS) is 10.3. The fourth-order valence-electron chi connectivity index (χ4n) is 2.27. The van der Waals surface area contributed by atoms with Gasteiger partial charge in [-0.15, -0.1) is 0 Å². The van der Waals surface area contributed by atoms with E-state index in [1.807, 2.05) is 24.3 Å². The van der Waals surface area contributed by atoms with Gasteiger partial charge in [0.2, 0.25) is 0 Å². The van der Waals surface area contributed by atoms with Crippen molar-refractivity contribution in [1.29, 1.82) is 5.26 Å². The third kappa shape index (κ3) is 3.07. The summed E-state index contributed by atoms with van der Waals surface area (Å²) in [6.45, 7) is 0.745. The highest BCUT2D eigenvalue weighted by atomic mass is 79.9. The molecule has 0 aromatic heterocycles. The number of benzene rings is 3. The van der Waals surface area contributed by atoms with Crippen molar-refractivity contribution >= 4 is 32.4 Å². The van der Waals surface area contributed by atoms with Crippen molar-refractivity contribution in [3.8, 4) is 6.07 Å². The molecule has 3 aromatic carbocycles. The molecule has 0 unspecified atom stereocenters.